The number of hydrogen-bond donors (Lipinski definition) is 2. The topological polar surface area (TPSA) is 53.6 Å². The number of benzene rings is 1. The number of nitrogens with zero attached hydrogens (tertiary/aromatic N) is 2. The molecule has 4 nitrogen and oxygen atoms in total. The Balaban J connectivity index is 2.38. The molecule has 1 atom stereocenters. The first-order chi connectivity index (χ1) is 10.2. The molecule has 5 heteroatoms. The van der Waals surface area contributed by atoms with Crippen molar-refractivity contribution in [3.63, 3.8) is 0 Å². The Morgan fingerprint density at radius 2 is 2.18 bits per heavy atom. The van der Waals surface area contributed by atoms with Crippen LogP contribution in [0.1, 0.15) is 58.1 Å². The zero-order valence-corrected chi connectivity index (χ0v) is 14.9. The highest BCUT2D eigenvalue weighted by Crippen LogP contribution is 2.44. The Bertz CT molecular complexity index is 592. The molecular formula is C17H26N4S. The molecule has 0 saturated carbocycles. The Kier molecular flexibility index (Phi) is 4.75. The van der Waals surface area contributed by atoms with Crippen molar-refractivity contribution in [3.05, 3.63) is 29.3 Å². The predicted octanol–water partition coefficient (Wildman–Crippen LogP) is 3.35. The van der Waals surface area contributed by atoms with Gasteiger partial charge in [-0.15, -0.1) is 0 Å². The lowest BCUT2D eigenvalue weighted by atomic mass is 9.79. The van der Waals surface area contributed by atoms with Crippen molar-refractivity contribution >= 4 is 29.2 Å². The minimum absolute atomic E-state index is 0.170. The van der Waals surface area contributed by atoms with Crippen LogP contribution in [-0.2, 0) is 0 Å². The monoisotopic (exact) mass is 318 g/mol. The highest BCUT2D eigenvalue weighted by Gasteiger charge is 2.37. The second-order valence-electron chi connectivity index (χ2n) is 6.93. The SMILES string of the molecule is CC(C)N1c2ccc(/C=N\NC(N)=S)cc2[C@H](C)CC1(C)C. The molecule has 0 aromatic heterocycles. The van der Waals surface area contributed by atoms with E-state index < -0.39 is 0 Å². The number of hydrazone groups is 1. The molecular weight excluding hydrogens is 292 g/mol. The first-order valence-corrected chi connectivity index (χ1v) is 8.15. The van der Waals surface area contributed by atoms with Crippen molar-refractivity contribution in [3.8, 4) is 0 Å². The molecule has 0 saturated heterocycles. The summed E-state index contributed by atoms with van der Waals surface area (Å²) in [4.78, 5) is 2.52. The molecule has 1 aromatic carbocycles. The molecule has 1 heterocycles. The van der Waals surface area contributed by atoms with Crippen LogP contribution >= 0.6 is 12.2 Å². The van der Waals surface area contributed by atoms with Gasteiger partial charge in [-0.2, -0.15) is 5.10 Å². The van der Waals surface area contributed by atoms with E-state index in [0.29, 0.717) is 12.0 Å². The fraction of sp³-hybridized carbons (Fsp3) is 0.529. The van der Waals surface area contributed by atoms with E-state index in [0.717, 1.165) is 12.0 Å². The second kappa shape index (κ2) is 6.24. The van der Waals surface area contributed by atoms with Gasteiger partial charge in [0, 0.05) is 17.3 Å². The molecule has 0 bridgehead atoms. The van der Waals surface area contributed by atoms with E-state index in [4.69, 9.17) is 18.0 Å². The molecule has 0 amide bonds. The summed E-state index contributed by atoms with van der Waals surface area (Å²) in [7, 11) is 0. The van der Waals surface area contributed by atoms with Crippen molar-refractivity contribution in [1.82, 2.24) is 5.43 Å². The average molecular weight is 318 g/mol. The molecule has 3 N–H and O–H groups in total. The van der Waals surface area contributed by atoms with Crippen molar-refractivity contribution in [1.29, 1.82) is 0 Å². The summed E-state index contributed by atoms with van der Waals surface area (Å²) < 4.78 is 0. The van der Waals surface area contributed by atoms with Crippen LogP contribution < -0.4 is 16.1 Å². The lowest BCUT2D eigenvalue weighted by Crippen LogP contribution is -2.51. The van der Waals surface area contributed by atoms with E-state index in [1.807, 2.05) is 0 Å². The minimum atomic E-state index is 0.170. The van der Waals surface area contributed by atoms with E-state index >= 15 is 0 Å². The van der Waals surface area contributed by atoms with Gasteiger partial charge in [0.2, 0.25) is 0 Å². The van der Waals surface area contributed by atoms with Gasteiger partial charge in [0.15, 0.2) is 5.11 Å². The van der Waals surface area contributed by atoms with E-state index in [2.05, 4.69) is 68.2 Å². The van der Waals surface area contributed by atoms with Crippen LogP contribution in [0, 0.1) is 0 Å². The number of nitrogens with two attached hydrogens (primary N) is 1. The molecule has 2 rings (SSSR count). The van der Waals surface area contributed by atoms with Crippen molar-refractivity contribution in [2.24, 2.45) is 10.8 Å². The van der Waals surface area contributed by atoms with Crippen LogP contribution in [0.2, 0.25) is 0 Å². The maximum Gasteiger partial charge on any atom is 0.184 e. The van der Waals surface area contributed by atoms with Gasteiger partial charge in [-0.05, 0) is 75.5 Å². The van der Waals surface area contributed by atoms with Gasteiger partial charge in [-0.3, -0.25) is 5.43 Å². The van der Waals surface area contributed by atoms with Gasteiger partial charge >= 0.3 is 0 Å². The summed E-state index contributed by atoms with van der Waals surface area (Å²) in [5.41, 5.74) is 11.9. The number of fused-ring (bicyclic) bond motifs is 1. The van der Waals surface area contributed by atoms with Gasteiger partial charge in [-0.1, -0.05) is 13.0 Å². The average Bonchev–Trinajstić information content (AvgIpc) is 2.37. The first kappa shape index (κ1) is 16.7. The van der Waals surface area contributed by atoms with Crippen LogP contribution in [0.15, 0.2) is 23.3 Å². The third-order valence-corrected chi connectivity index (χ3v) is 4.30. The van der Waals surface area contributed by atoms with Gasteiger partial charge in [0.05, 0.1) is 6.21 Å². The van der Waals surface area contributed by atoms with Crippen molar-refractivity contribution in [2.45, 2.75) is 58.5 Å². The lowest BCUT2D eigenvalue weighted by Gasteiger charge is -2.50. The lowest BCUT2D eigenvalue weighted by molar-refractivity contribution is 0.356. The number of rotatable bonds is 3. The smallest absolute Gasteiger partial charge is 0.184 e. The maximum absolute atomic E-state index is 5.37. The molecule has 1 aliphatic rings. The Labute approximate surface area is 138 Å². The summed E-state index contributed by atoms with van der Waals surface area (Å²) in [5.74, 6) is 0.525. The highest BCUT2D eigenvalue weighted by molar-refractivity contribution is 7.80. The number of hydrogen-bond acceptors (Lipinski definition) is 3. The van der Waals surface area contributed by atoms with Crippen LogP contribution in [0.25, 0.3) is 0 Å². The fourth-order valence-corrected chi connectivity index (χ4v) is 3.75. The van der Waals surface area contributed by atoms with E-state index in [1.54, 1.807) is 6.21 Å². The van der Waals surface area contributed by atoms with Crippen LogP contribution in [0.3, 0.4) is 0 Å². The molecule has 22 heavy (non-hydrogen) atoms. The zero-order chi connectivity index (χ0) is 16.5. The summed E-state index contributed by atoms with van der Waals surface area (Å²) in [5, 5.41) is 4.22. The summed E-state index contributed by atoms with van der Waals surface area (Å²) >= 11 is 4.74. The number of thiocarbonyl (C=S) groups is 1. The first-order valence-electron chi connectivity index (χ1n) is 7.74. The Hall–Kier alpha value is -1.62. The van der Waals surface area contributed by atoms with E-state index in [9.17, 15) is 0 Å². The quantitative estimate of drug-likeness (QED) is 0.510. The molecule has 0 fully saturated rings. The third-order valence-electron chi connectivity index (χ3n) is 4.20. The normalized spacial score (nSPS) is 20.3. The van der Waals surface area contributed by atoms with Crippen LogP contribution in [0.5, 0.6) is 0 Å². The van der Waals surface area contributed by atoms with E-state index in [1.165, 1.54) is 11.3 Å². The summed E-state index contributed by atoms with van der Waals surface area (Å²) in [6.45, 7) is 11.5. The van der Waals surface area contributed by atoms with Crippen molar-refractivity contribution in [2.75, 3.05) is 4.90 Å². The van der Waals surface area contributed by atoms with Gasteiger partial charge in [0.25, 0.3) is 0 Å². The highest BCUT2D eigenvalue weighted by atomic mass is 32.1. The van der Waals surface area contributed by atoms with Crippen LogP contribution in [0.4, 0.5) is 5.69 Å². The predicted molar refractivity (Wildman–Crippen MR) is 98.7 cm³/mol. The number of nitrogens with one attached hydrogen (secondary N) is 1. The second-order valence-corrected chi connectivity index (χ2v) is 7.37. The maximum atomic E-state index is 5.37. The van der Waals surface area contributed by atoms with Crippen LogP contribution in [-0.4, -0.2) is 22.9 Å². The summed E-state index contributed by atoms with van der Waals surface area (Å²) in [6, 6.07) is 6.98. The van der Waals surface area contributed by atoms with Gasteiger partial charge < -0.3 is 10.6 Å². The largest absolute Gasteiger partial charge is 0.375 e. The van der Waals surface area contributed by atoms with E-state index in [-0.39, 0.29) is 10.7 Å². The van der Waals surface area contributed by atoms with Crippen molar-refractivity contribution < 1.29 is 0 Å². The molecule has 0 aliphatic carbocycles. The van der Waals surface area contributed by atoms with Gasteiger partial charge in [-0.25, -0.2) is 0 Å². The molecule has 120 valence electrons. The molecule has 0 unspecified atom stereocenters. The zero-order valence-electron chi connectivity index (χ0n) is 14.1. The Morgan fingerprint density at radius 3 is 2.77 bits per heavy atom. The Morgan fingerprint density at radius 1 is 1.50 bits per heavy atom. The minimum Gasteiger partial charge on any atom is -0.375 e. The standard InChI is InChI=1S/C17H26N4S/c1-11(2)21-15-7-6-13(10-19-20-16(18)22)8-14(15)12(3)9-17(21,4)5/h6-8,10-12H,9H2,1-5H3,(H3,18,20,22)/b19-10-/t12-/m1/s1. The molecule has 0 spiro atoms. The molecule has 1 aliphatic heterocycles. The molecule has 0 radical (unpaired) electrons. The number of anilines is 1. The fourth-order valence-electron chi connectivity index (χ4n) is 3.70. The third kappa shape index (κ3) is 3.40. The summed E-state index contributed by atoms with van der Waals surface area (Å²) in [6.07, 6.45) is 2.90. The molecule has 1 aromatic rings. The van der Waals surface area contributed by atoms with Gasteiger partial charge in [0.1, 0.15) is 0 Å².